The van der Waals surface area contributed by atoms with Crippen LogP contribution in [0.15, 0.2) is 6.20 Å². The highest BCUT2D eigenvalue weighted by Gasteiger charge is 2.18. The van der Waals surface area contributed by atoms with Gasteiger partial charge >= 0.3 is 0 Å². The molecule has 0 aromatic carbocycles. The second-order valence-electron chi connectivity index (χ2n) is 4.77. The lowest BCUT2D eigenvalue weighted by Crippen LogP contribution is -2.29. The molecule has 5 nitrogen and oxygen atoms in total. The van der Waals surface area contributed by atoms with Gasteiger partial charge in [-0.2, -0.15) is 0 Å². The summed E-state index contributed by atoms with van der Waals surface area (Å²) in [6, 6.07) is 0. The summed E-state index contributed by atoms with van der Waals surface area (Å²) in [5, 5.41) is 0. The summed E-state index contributed by atoms with van der Waals surface area (Å²) >= 11 is 0. The third-order valence-corrected chi connectivity index (χ3v) is 2.75. The largest absolute Gasteiger partial charge is 0.396 e. The van der Waals surface area contributed by atoms with Gasteiger partial charge in [0.05, 0.1) is 11.9 Å². The van der Waals surface area contributed by atoms with Crippen LogP contribution in [0.2, 0.25) is 0 Å². The van der Waals surface area contributed by atoms with Crippen LogP contribution < -0.4 is 5.73 Å². The summed E-state index contributed by atoms with van der Waals surface area (Å²) in [5.41, 5.74) is 6.44. The van der Waals surface area contributed by atoms with Crippen LogP contribution in [0.1, 0.15) is 55.8 Å². The average molecular weight is 250 g/mol. The highest BCUT2D eigenvalue weighted by Crippen LogP contribution is 2.15. The van der Waals surface area contributed by atoms with Crippen molar-refractivity contribution >= 4 is 11.6 Å². The Bertz CT molecular complexity index is 417. The quantitative estimate of drug-likeness (QED) is 0.868. The van der Waals surface area contributed by atoms with Crippen LogP contribution in [-0.4, -0.2) is 34.4 Å². The molecule has 0 unspecified atom stereocenters. The van der Waals surface area contributed by atoms with E-state index in [0.29, 0.717) is 17.2 Å². The summed E-state index contributed by atoms with van der Waals surface area (Å²) in [5.74, 6) is 0.694. The molecule has 18 heavy (non-hydrogen) atoms. The fourth-order valence-electron chi connectivity index (χ4n) is 1.53. The molecule has 1 heterocycles. The van der Waals surface area contributed by atoms with Gasteiger partial charge in [0.2, 0.25) is 0 Å². The molecule has 0 saturated heterocycles. The van der Waals surface area contributed by atoms with Crippen LogP contribution in [0.25, 0.3) is 0 Å². The third-order valence-electron chi connectivity index (χ3n) is 2.75. The normalized spacial score (nSPS) is 10.7. The first-order valence-corrected chi connectivity index (χ1v) is 6.35. The summed E-state index contributed by atoms with van der Waals surface area (Å²) in [6.07, 6.45) is 3.54. The van der Waals surface area contributed by atoms with Crippen molar-refractivity contribution < 1.29 is 4.79 Å². The van der Waals surface area contributed by atoms with Gasteiger partial charge in [-0.25, -0.2) is 9.97 Å². The number of carbonyl (C=O) groups excluding carboxylic acids is 1. The molecule has 5 heteroatoms. The van der Waals surface area contributed by atoms with E-state index in [1.807, 2.05) is 13.8 Å². The Hall–Kier alpha value is -1.65. The summed E-state index contributed by atoms with van der Waals surface area (Å²) < 4.78 is 0. The molecule has 1 rings (SSSR count). The number of nitrogens with zero attached hydrogens (tertiary/aromatic N) is 3. The Kier molecular flexibility index (Phi) is 5.07. The monoisotopic (exact) mass is 250 g/mol. The lowest BCUT2D eigenvalue weighted by Gasteiger charge is -2.17. The van der Waals surface area contributed by atoms with Crippen molar-refractivity contribution in [2.45, 2.75) is 39.5 Å². The minimum atomic E-state index is -0.134. The fourth-order valence-corrected chi connectivity index (χ4v) is 1.53. The van der Waals surface area contributed by atoms with Crippen molar-refractivity contribution in [1.82, 2.24) is 14.9 Å². The predicted octanol–water partition coefficient (Wildman–Crippen LogP) is 2.05. The molecule has 1 amide bonds. The third kappa shape index (κ3) is 3.42. The van der Waals surface area contributed by atoms with Gasteiger partial charge in [-0.3, -0.25) is 4.79 Å². The van der Waals surface area contributed by atoms with E-state index in [0.717, 1.165) is 19.4 Å². The number of hydrogen-bond donors (Lipinski definition) is 1. The van der Waals surface area contributed by atoms with Crippen molar-refractivity contribution in [3.05, 3.63) is 17.7 Å². The van der Waals surface area contributed by atoms with Crippen molar-refractivity contribution in [1.29, 1.82) is 0 Å². The Morgan fingerprint density at radius 1 is 1.50 bits per heavy atom. The van der Waals surface area contributed by atoms with Gasteiger partial charge in [-0.1, -0.05) is 27.2 Å². The van der Waals surface area contributed by atoms with Gasteiger partial charge in [-0.15, -0.1) is 0 Å². The molecule has 0 saturated carbocycles. The number of nitrogen functional groups attached to an aromatic ring is 1. The second-order valence-corrected chi connectivity index (χ2v) is 4.77. The number of amides is 1. The molecule has 0 aliphatic heterocycles. The van der Waals surface area contributed by atoms with E-state index in [1.54, 1.807) is 11.9 Å². The molecule has 0 fully saturated rings. The van der Waals surface area contributed by atoms with Crippen LogP contribution in [0.4, 0.5) is 5.69 Å². The molecular formula is C13H22N4O. The number of rotatable bonds is 5. The van der Waals surface area contributed by atoms with Gasteiger partial charge in [0, 0.05) is 19.5 Å². The lowest BCUT2D eigenvalue weighted by atomic mass is 10.2. The first-order valence-electron chi connectivity index (χ1n) is 6.35. The molecular weight excluding hydrogens is 228 g/mol. The van der Waals surface area contributed by atoms with Gasteiger partial charge < -0.3 is 10.6 Å². The van der Waals surface area contributed by atoms with Crippen LogP contribution in [-0.2, 0) is 0 Å². The molecule has 1 aromatic rings. The number of anilines is 1. The average Bonchev–Trinajstić information content (AvgIpc) is 2.35. The van der Waals surface area contributed by atoms with Gasteiger partial charge in [-0.05, 0) is 6.42 Å². The van der Waals surface area contributed by atoms with E-state index >= 15 is 0 Å². The Morgan fingerprint density at radius 3 is 2.72 bits per heavy atom. The maximum Gasteiger partial charge on any atom is 0.274 e. The molecule has 1 aromatic heterocycles. The molecule has 0 bridgehead atoms. The van der Waals surface area contributed by atoms with E-state index < -0.39 is 0 Å². The highest BCUT2D eigenvalue weighted by molar-refractivity contribution is 5.96. The van der Waals surface area contributed by atoms with Crippen LogP contribution in [0, 0.1) is 0 Å². The van der Waals surface area contributed by atoms with E-state index in [4.69, 9.17) is 5.73 Å². The van der Waals surface area contributed by atoms with Gasteiger partial charge in [0.15, 0.2) is 5.69 Å². The smallest absolute Gasteiger partial charge is 0.274 e. The molecule has 0 spiro atoms. The topological polar surface area (TPSA) is 72.1 Å². The Balaban J connectivity index is 2.93. The Labute approximate surface area is 108 Å². The Morgan fingerprint density at radius 2 is 2.17 bits per heavy atom. The summed E-state index contributed by atoms with van der Waals surface area (Å²) in [6.45, 7) is 6.78. The lowest BCUT2D eigenvalue weighted by molar-refractivity contribution is 0.0788. The molecule has 100 valence electrons. The van der Waals surface area contributed by atoms with E-state index in [1.165, 1.54) is 6.20 Å². The van der Waals surface area contributed by atoms with E-state index in [9.17, 15) is 4.79 Å². The fraction of sp³-hybridized carbons (Fsp3) is 0.615. The SMILES string of the molecule is CCCCN(C)C(=O)c1nc(C(C)C)ncc1N. The first-order chi connectivity index (χ1) is 8.47. The zero-order chi connectivity index (χ0) is 13.7. The number of aromatic nitrogens is 2. The van der Waals surface area contributed by atoms with Crippen molar-refractivity contribution in [2.75, 3.05) is 19.3 Å². The molecule has 2 N–H and O–H groups in total. The zero-order valence-corrected chi connectivity index (χ0v) is 11.6. The maximum absolute atomic E-state index is 12.2. The maximum atomic E-state index is 12.2. The zero-order valence-electron chi connectivity index (χ0n) is 11.6. The first kappa shape index (κ1) is 14.4. The van der Waals surface area contributed by atoms with Gasteiger partial charge in [0.1, 0.15) is 5.82 Å². The van der Waals surface area contributed by atoms with Gasteiger partial charge in [0.25, 0.3) is 5.91 Å². The minimum absolute atomic E-state index is 0.134. The number of nitrogens with two attached hydrogens (primary N) is 1. The van der Waals surface area contributed by atoms with Crippen molar-refractivity contribution in [2.24, 2.45) is 0 Å². The highest BCUT2D eigenvalue weighted by atomic mass is 16.2. The number of carbonyl (C=O) groups is 1. The summed E-state index contributed by atoms with van der Waals surface area (Å²) in [7, 11) is 1.77. The molecule has 0 aliphatic carbocycles. The van der Waals surface area contributed by atoms with Crippen LogP contribution >= 0.6 is 0 Å². The molecule has 0 aliphatic rings. The van der Waals surface area contributed by atoms with Crippen LogP contribution in [0.5, 0.6) is 0 Å². The standard InChI is InChI=1S/C13H22N4O/c1-5-6-7-17(4)13(18)11-10(14)8-15-12(16-11)9(2)3/h8-9H,5-7,14H2,1-4H3. The van der Waals surface area contributed by atoms with E-state index in [-0.39, 0.29) is 11.8 Å². The molecule has 0 radical (unpaired) electrons. The minimum Gasteiger partial charge on any atom is -0.396 e. The summed E-state index contributed by atoms with van der Waals surface area (Å²) in [4.78, 5) is 22.3. The van der Waals surface area contributed by atoms with E-state index in [2.05, 4.69) is 16.9 Å². The van der Waals surface area contributed by atoms with Crippen LogP contribution in [0.3, 0.4) is 0 Å². The van der Waals surface area contributed by atoms with Crippen molar-refractivity contribution in [3.8, 4) is 0 Å². The number of unbranched alkanes of at least 4 members (excludes halogenated alkanes) is 1. The predicted molar refractivity (Wildman–Crippen MR) is 72.4 cm³/mol. The number of hydrogen-bond acceptors (Lipinski definition) is 4. The second kappa shape index (κ2) is 6.33. The van der Waals surface area contributed by atoms with Crippen molar-refractivity contribution in [3.63, 3.8) is 0 Å². The molecule has 0 atom stereocenters.